The first-order chi connectivity index (χ1) is 21.7. The largest absolute Gasteiger partial charge is 0.508 e. The number of allylic oxidation sites excluding steroid dienone is 1. The molecule has 4 aromatic carbocycles. The molecule has 1 atom stereocenters. The standard InChI is InChI=1S/C39H40FNO4/c1-27(41-39(43)45-4)33-15-10-32(11-16-33)25-31(6-5-29-7-17-34(18-8-29)28(2)42)12-20-36-26-37(40)22-21-35(36)19-9-30-13-23-38(44-3)24-14-30/h7-8,10-18,20-24,26,31,42H,1-2,5-6,9,19,25H2,3-4H3,(H,41,43)/b20-12+. The van der Waals surface area contributed by atoms with Crippen molar-refractivity contribution in [2.45, 2.75) is 32.1 Å². The number of methoxy groups -OCH3 is 2. The van der Waals surface area contributed by atoms with Gasteiger partial charge in [0.2, 0.25) is 0 Å². The molecule has 5 nitrogen and oxygen atoms in total. The number of hydrogen-bond acceptors (Lipinski definition) is 4. The summed E-state index contributed by atoms with van der Waals surface area (Å²) in [4.78, 5) is 11.6. The van der Waals surface area contributed by atoms with E-state index in [1.165, 1.54) is 18.7 Å². The van der Waals surface area contributed by atoms with Crippen LogP contribution < -0.4 is 10.1 Å². The third kappa shape index (κ3) is 9.97. The summed E-state index contributed by atoms with van der Waals surface area (Å²) in [6.07, 6.45) is 7.75. The summed E-state index contributed by atoms with van der Waals surface area (Å²) < 4.78 is 24.3. The highest BCUT2D eigenvalue weighted by molar-refractivity contribution is 5.80. The molecule has 1 amide bonds. The number of aryl methyl sites for hydroxylation is 3. The van der Waals surface area contributed by atoms with Crippen LogP contribution in [0.1, 0.15) is 45.4 Å². The van der Waals surface area contributed by atoms with Crippen LogP contribution in [0.4, 0.5) is 9.18 Å². The van der Waals surface area contributed by atoms with Crippen LogP contribution in [0.25, 0.3) is 17.5 Å². The van der Waals surface area contributed by atoms with E-state index in [0.717, 1.165) is 65.7 Å². The van der Waals surface area contributed by atoms with Gasteiger partial charge in [0.1, 0.15) is 17.3 Å². The predicted molar refractivity (Wildman–Crippen MR) is 180 cm³/mol. The van der Waals surface area contributed by atoms with Crippen LogP contribution in [0.3, 0.4) is 0 Å². The second-order valence-electron chi connectivity index (χ2n) is 11.0. The van der Waals surface area contributed by atoms with E-state index < -0.39 is 6.09 Å². The maximum atomic E-state index is 14.4. The number of nitrogens with one attached hydrogen (secondary N) is 1. The molecule has 4 aromatic rings. The van der Waals surface area contributed by atoms with Crippen molar-refractivity contribution < 1.29 is 23.8 Å². The predicted octanol–water partition coefficient (Wildman–Crippen LogP) is 8.98. The first kappa shape index (κ1) is 32.8. The molecule has 0 aliphatic rings. The van der Waals surface area contributed by atoms with Gasteiger partial charge in [-0.3, -0.25) is 5.32 Å². The molecule has 45 heavy (non-hydrogen) atoms. The van der Waals surface area contributed by atoms with Crippen molar-refractivity contribution >= 4 is 23.6 Å². The van der Waals surface area contributed by atoms with Gasteiger partial charge < -0.3 is 14.6 Å². The van der Waals surface area contributed by atoms with Crippen molar-refractivity contribution in [1.82, 2.24) is 5.32 Å². The Hall–Kier alpha value is -5.10. The average Bonchev–Trinajstić information content (AvgIpc) is 3.06. The molecule has 1 unspecified atom stereocenters. The monoisotopic (exact) mass is 605 g/mol. The molecule has 2 N–H and O–H groups in total. The molecular weight excluding hydrogens is 565 g/mol. The van der Waals surface area contributed by atoms with Crippen LogP contribution in [0.5, 0.6) is 5.75 Å². The van der Waals surface area contributed by atoms with Crippen molar-refractivity contribution in [3.63, 3.8) is 0 Å². The van der Waals surface area contributed by atoms with Gasteiger partial charge in [0.25, 0.3) is 0 Å². The molecule has 0 aromatic heterocycles. The summed E-state index contributed by atoms with van der Waals surface area (Å²) in [6, 6.07) is 28.7. The molecule has 0 aliphatic carbocycles. The number of aliphatic hydroxyl groups is 1. The van der Waals surface area contributed by atoms with Crippen molar-refractivity contribution in [3.8, 4) is 5.75 Å². The Balaban J connectivity index is 1.52. The lowest BCUT2D eigenvalue weighted by atomic mass is 9.90. The maximum Gasteiger partial charge on any atom is 0.411 e. The highest BCUT2D eigenvalue weighted by Gasteiger charge is 2.11. The minimum Gasteiger partial charge on any atom is -0.508 e. The van der Waals surface area contributed by atoms with Crippen LogP contribution in [0, 0.1) is 11.7 Å². The third-order valence-electron chi connectivity index (χ3n) is 7.83. The highest BCUT2D eigenvalue weighted by atomic mass is 19.1. The van der Waals surface area contributed by atoms with Gasteiger partial charge in [-0.15, -0.1) is 0 Å². The molecule has 0 bridgehead atoms. The molecular formula is C39H40FNO4. The molecule has 4 rings (SSSR count). The van der Waals surface area contributed by atoms with Gasteiger partial charge in [0.15, 0.2) is 0 Å². The van der Waals surface area contributed by atoms with Crippen molar-refractivity contribution in [3.05, 3.63) is 155 Å². The lowest BCUT2D eigenvalue weighted by Gasteiger charge is -2.15. The summed E-state index contributed by atoms with van der Waals surface area (Å²) in [5.41, 5.74) is 7.40. The van der Waals surface area contributed by atoms with Gasteiger partial charge in [-0.1, -0.05) is 92.0 Å². The normalized spacial score (nSPS) is 11.6. The number of amides is 1. The summed E-state index contributed by atoms with van der Waals surface area (Å²) in [7, 11) is 2.96. The van der Waals surface area contributed by atoms with E-state index in [2.05, 4.69) is 41.4 Å². The fourth-order valence-corrected chi connectivity index (χ4v) is 5.13. The molecule has 232 valence electrons. The van der Waals surface area contributed by atoms with Gasteiger partial charge in [-0.25, -0.2) is 9.18 Å². The zero-order valence-corrected chi connectivity index (χ0v) is 25.9. The molecule has 0 fully saturated rings. The number of carbonyl (C=O) groups excluding carboxylic acids is 1. The number of rotatable bonds is 14. The van der Waals surface area contributed by atoms with Crippen LogP contribution >= 0.6 is 0 Å². The number of hydrogen-bond donors (Lipinski definition) is 2. The molecule has 0 saturated carbocycles. The number of alkyl carbamates (subject to hydrolysis) is 1. The molecule has 0 saturated heterocycles. The van der Waals surface area contributed by atoms with E-state index in [1.807, 2.05) is 72.8 Å². The Labute approximate surface area is 265 Å². The fourth-order valence-electron chi connectivity index (χ4n) is 5.13. The van der Waals surface area contributed by atoms with E-state index in [0.29, 0.717) is 11.3 Å². The first-order valence-corrected chi connectivity index (χ1v) is 14.9. The van der Waals surface area contributed by atoms with Crippen LogP contribution in [-0.4, -0.2) is 25.4 Å². The van der Waals surface area contributed by atoms with Crippen molar-refractivity contribution in [1.29, 1.82) is 0 Å². The number of aliphatic hydroxyl groups excluding tert-OH is 1. The van der Waals surface area contributed by atoms with E-state index in [1.54, 1.807) is 13.2 Å². The Morgan fingerprint density at radius 3 is 2.11 bits per heavy atom. The molecule has 0 heterocycles. The van der Waals surface area contributed by atoms with Crippen molar-refractivity contribution in [2.75, 3.05) is 14.2 Å². The van der Waals surface area contributed by atoms with Gasteiger partial charge in [0.05, 0.1) is 14.2 Å². The average molecular weight is 606 g/mol. The second-order valence-corrected chi connectivity index (χ2v) is 11.0. The van der Waals surface area contributed by atoms with Gasteiger partial charge >= 0.3 is 6.09 Å². The van der Waals surface area contributed by atoms with Crippen LogP contribution in [0.2, 0.25) is 0 Å². The lowest BCUT2D eigenvalue weighted by Crippen LogP contribution is -2.20. The number of ether oxygens (including phenoxy) is 2. The summed E-state index contributed by atoms with van der Waals surface area (Å²) in [5.74, 6) is 0.773. The fraction of sp³-hybridized carbons (Fsp3) is 0.205. The van der Waals surface area contributed by atoms with Gasteiger partial charge in [-0.05, 0) is 95.7 Å². The van der Waals surface area contributed by atoms with E-state index >= 15 is 0 Å². The molecule has 0 radical (unpaired) electrons. The molecule has 0 aliphatic heterocycles. The Morgan fingerprint density at radius 2 is 1.47 bits per heavy atom. The van der Waals surface area contributed by atoms with E-state index in [-0.39, 0.29) is 17.5 Å². The number of benzene rings is 4. The minimum atomic E-state index is -0.564. The highest BCUT2D eigenvalue weighted by Crippen LogP contribution is 2.23. The van der Waals surface area contributed by atoms with Crippen LogP contribution in [0.15, 0.2) is 110 Å². The topological polar surface area (TPSA) is 67.8 Å². The molecule has 6 heteroatoms. The van der Waals surface area contributed by atoms with Gasteiger partial charge in [-0.2, -0.15) is 0 Å². The van der Waals surface area contributed by atoms with Crippen molar-refractivity contribution in [2.24, 2.45) is 5.92 Å². The number of carbonyl (C=O) groups is 1. The zero-order valence-electron chi connectivity index (χ0n) is 25.9. The molecule has 0 spiro atoms. The lowest BCUT2D eigenvalue weighted by molar-refractivity contribution is 0.176. The first-order valence-electron chi connectivity index (χ1n) is 14.9. The van der Waals surface area contributed by atoms with E-state index in [9.17, 15) is 14.3 Å². The summed E-state index contributed by atoms with van der Waals surface area (Å²) in [6.45, 7) is 7.52. The van der Waals surface area contributed by atoms with Crippen LogP contribution in [-0.2, 0) is 30.4 Å². The zero-order chi connectivity index (χ0) is 32.2. The summed E-state index contributed by atoms with van der Waals surface area (Å²) >= 11 is 0. The number of halogens is 1. The SMILES string of the molecule is C=C(O)c1ccc(CCC(/C=C/c2cc(F)ccc2CCc2ccc(OC)cc2)Cc2ccc(C(=C)NC(=O)OC)cc2)cc1. The Morgan fingerprint density at radius 1 is 0.844 bits per heavy atom. The Kier molecular flexibility index (Phi) is 11.7. The van der Waals surface area contributed by atoms with E-state index in [4.69, 9.17) is 4.74 Å². The third-order valence-corrected chi connectivity index (χ3v) is 7.83. The smallest absolute Gasteiger partial charge is 0.411 e. The maximum absolute atomic E-state index is 14.4. The second kappa shape index (κ2) is 16.1. The quantitative estimate of drug-likeness (QED) is 0.141. The minimum absolute atomic E-state index is 0.0492. The summed E-state index contributed by atoms with van der Waals surface area (Å²) in [5, 5.41) is 12.3. The van der Waals surface area contributed by atoms with Gasteiger partial charge in [0, 0.05) is 11.3 Å². The Bertz CT molecular complexity index is 1620.